The van der Waals surface area contributed by atoms with Crippen molar-refractivity contribution < 1.29 is 13.7 Å². The van der Waals surface area contributed by atoms with Crippen molar-refractivity contribution >= 4 is 11.9 Å². The summed E-state index contributed by atoms with van der Waals surface area (Å²) in [5.74, 6) is 2.02. The quantitative estimate of drug-likeness (QED) is 0.699. The Morgan fingerprint density at radius 1 is 1.04 bits per heavy atom. The molecule has 1 saturated carbocycles. The van der Waals surface area contributed by atoms with Gasteiger partial charge < -0.3 is 18.7 Å². The third kappa shape index (κ3) is 2.77. The first-order chi connectivity index (χ1) is 13.3. The van der Waals surface area contributed by atoms with E-state index in [-0.39, 0.29) is 5.91 Å². The zero-order valence-corrected chi connectivity index (χ0v) is 14.7. The van der Waals surface area contributed by atoms with Crippen molar-refractivity contribution in [3.63, 3.8) is 0 Å². The molecule has 27 heavy (non-hydrogen) atoms. The summed E-state index contributed by atoms with van der Waals surface area (Å²) in [5, 5.41) is 4.17. The Labute approximate surface area is 155 Å². The fourth-order valence-electron chi connectivity index (χ4n) is 3.61. The predicted octanol–water partition coefficient (Wildman–Crippen LogP) is 2.10. The van der Waals surface area contributed by atoms with Crippen molar-refractivity contribution in [3.05, 3.63) is 48.6 Å². The molecule has 0 atom stereocenters. The minimum atomic E-state index is -0.542. The van der Waals surface area contributed by atoms with Gasteiger partial charge in [-0.3, -0.25) is 4.79 Å². The molecule has 1 aliphatic carbocycles. The standard InChI is InChI=1S/C19H19N5O3/c25-17(23-8-10-24(11-9-23)18-20-6-2-7-21-18)19(4-5-19)16-13-15(27-22-16)14-3-1-12-26-14/h1-3,6-7,12-13H,4-5,8-11H2. The fourth-order valence-corrected chi connectivity index (χ4v) is 3.61. The van der Waals surface area contributed by atoms with Crippen molar-refractivity contribution in [2.24, 2.45) is 0 Å². The van der Waals surface area contributed by atoms with Gasteiger partial charge in [-0.05, 0) is 31.0 Å². The molecule has 2 fully saturated rings. The van der Waals surface area contributed by atoms with Crippen molar-refractivity contribution in [1.29, 1.82) is 0 Å². The Morgan fingerprint density at radius 2 is 1.81 bits per heavy atom. The first-order valence-corrected chi connectivity index (χ1v) is 9.09. The highest BCUT2D eigenvalue weighted by atomic mass is 16.5. The molecular weight excluding hydrogens is 346 g/mol. The third-order valence-electron chi connectivity index (χ3n) is 5.33. The molecule has 5 rings (SSSR count). The van der Waals surface area contributed by atoms with Crippen LogP contribution in [0.25, 0.3) is 11.5 Å². The zero-order chi connectivity index (χ0) is 18.3. The highest BCUT2D eigenvalue weighted by Crippen LogP contribution is 2.50. The van der Waals surface area contributed by atoms with Crippen LogP contribution in [0.5, 0.6) is 0 Å². The molecule has 0 spiro atoms. The minimum Gasteiger partial charge on any atom is -0.461 e. The van der Waals surface area contributed by atoms with Crippen LogP contribution in [0.15, 0.2) is 51.9 Å². The maximum absolute atomic E-state index is 13.2. The minimum absolute atomic E-state index is 0.135. The third-order valence-corrected chi connectivity index (χ3v) is 5.33. The zero-order valence-electron chi connectivity index (χ0n) is 14.7. The van der Waals surface area contributed by atoms with E-state index in [2.05, 4.69) is 20.0 Å². The van der Waals surface area contributed by atoms with E-state index < -0.39 is 5.41 Å². The van der Waals surface area contributed by atoms with Gasteiger partial charge in [0.15, 0.2) is 5.76 Å². The molecule has 0 radical (unpaired) electrons. The summed E-state index contributed by atoms with van der Waals surface area (Å²) in [6, 6.07) is 7.24. The van der Waals surface area contributed by atoms with Crippen LogP contribution < -0.4 is 4.90 Å². The molecular formula is C19H19N5O3. The molecule has 0 aromatic carbocycles. The van der Waals surface area contributed by atoms with E-state index in [0.29, 0.717) is 36.3 Å². The van der Waals surface area contributed by atoms with Crippen molar-refractivity contribution in [3.8, 4) is 11.5 Å². The van der Waals surface area contributed by atoms with Gasteiger partial charge in [-0.1, -0.05) is 5.16 Å². The van der Waals surface area contributed by atoms with Gasteiger partial charge in [-0.2, -0.15) is 0 Å². The van der Waals surface area contributed by atoms with Gasteiger partial charge in [0.25, 0.3) is 0 Å². The summed E-state index contributed by atoms with van der Waals surface area (Å²) < 4.78 is 10.8. The number of carbonyl (C=O) groups is 1. The van der Waals surface area contributed by atoms with Crippen LogP contribution in [0.2, 0.25) is 0 Å². The lowest BCUT2D eigenvalue weighted by Gasteiger charge is -2.36. The van der Waals surface area contributed by atoms with Crippen LogP contribution in [0.4, 0.5) is 5.95 Å². The van der Waals surface area contributed by atoms with E-state index in [1.165, 1.54) is 0 Å². The molecule has 2 aliphatic rings. The lowest BCUT2D eigenvalue weighted by Crippen LogP contribution is -2.52. The molecule has 3 aromatic rings. The lowest BCUT2D eigenvalue weighted by molar-refractivity contribution is -0.134. The average molecular weight is 365 g/mol. The molecule has 0 N–H and O–H groups in total. The first-order valence-electron chi connectivity index (χ1n) is 9.09. The lowest BCUT2D eigenvalue weighted by atomic mass is 9.99. The number of anilines is 1. The number of aromatic nitrogens is 3. The molecule has 1 amide bonds. The Morgan fingerprint density at radius 3 is 2.48 bits per heavy atom. The van der Waals surface area contributed by atoms with Crippen LogP contribution in [-0.4, -0.2) is 52.1 Å². The van der Waals surface area contributed by atoms with E-state index >= 15 is 0 Å². The second-order valence-electron chi connectivity index (χ2n) is 6.96. The number of hydrogen-bond donors (Lipinski definition) is 0. The number of rotatable bonds is 4. The summed E-state index contributed by atoms with van der Waals surface area (Å²) in [6.07, 6.45) is 6.67. The fraction of sp³-hybridized carbons (Fsp3) is 0.368. The van der Waals surface area contributed by atoms with E-state index in [1.54, 1.807) is 30.8 Å². The SMILES string of the molecule is O=C(N1CCN(c2ncccn2)CC1)C1(c2cc(-c3ccco3)on2)CC1. The van der Waals surface area contributed by atoms with Gasteiger partial charge in [0.1, 0.15) is 0 Å². The van der Waals surface area contributed by atoms with Gasteiger partial charge in [0.05, 0.1) is 17.4 Å². The van der Waals surface area contributed by atoms with Crippen LogP contribution >= 0.6 is 0 Å². The molecule has 8 heteroatoms. The van der Waals surface area contributed by atoms with E-state index in [9.17, 15) is 4.79 Å². The Bertz CT molecular complexity index is 925. The van der Waals surface area contributed by atoms with Crippen molar-refractivity contribution in [2.75, 3.05) is 31.1 Å². The van der Waals surface area contributed by atoms with E-state index in [4.69, 9.17) is 8.94 Å². The van der Waals surface area contributed by atoms with Gasteiger partial charge in [-0.15, -0.1) is 0 Å². The summed E-state index contributed by atoms with van der Waals surface area (Å²) >= 11 is 0. The highest BCUT2D eigenvalue weighted by molar-refractivity contribution is 5.91. The maximum Gasteiger partial charge on any atom is 0.235 e. The van der Waals surface area contributed by atoms with Crippen molar-refractivity contribution in [1.82, 2.24) is 20.0 Å². The largest absolute Gasteiger partial charge is 0.461 e. The summed E-state index contributed by atoms with van der Waals surface area (Å²) in [6.45, 7) is 2.76. The average Bonchev–Trinajstić information content (AvgIpc) is 3.12. The molecule has 3 aromatic heterocycles. The van der Waals surface area contributed by atoms with E-state index in [0.717, 1.165) is 25.9 Å². The topological polar surface area (TPSA) is 88.5 Å². The number of piperazine rings is 1. The molecule has 1 aliphatic heterocycles. The highest BCUT2D eigenvalue weighted by Gasteiger charge is 2.55. The smallest absolute Gasteiger partial charge is 0.235 e. The summed E-state index contributed by atoms with van der Waals surface area (Å²) in [7, 11) is 0. The molecule has 8 nitrogen and oxygen atoms in total. The molecule has 1 saturated heterocycles. The van der Waals surface area contributed by atoms with Gasteiger partial charge >= 0.3 is 0 Å². The predicted molar refractivity (Wildman–Crippen MR) is 95.9 cm³/mol. The molecule has 138 valence electrons. The number of nitrogens with zero attached hydrogens (tertiary/aromatic N) is 5. The Kier molecular flexibility index (Phi) is 3.70. The number of hydrogen-bond acceptors (Lipinski definition) is 7. The Hall–Kier alpha value is -3.16. The van der Waals surface area contributed by atoms with E-state index in [1.807, 2.05) is 17.0 Å². The maximum atomic E-state index is 13.2. The van der Waals surface area contributed by atoms with Gasteiger partial charge in [0.2, 0.25) is 17.6 Å². The molecule has 4 heterocycles. The van der Waals surface area contributed by atoms with Gasteiger partial charge in [-0.25, -0.2) is 9.97 Å². The number of carbonyl (C=O) groups excluding carboxylic acids is 1. The summed E-state index contributed by atoms with van der Waals surface area (Å²) in [5.41, 5.74) is 0.160. The Balaban J connectivity index is 1.29. The van der Waals surface area contributed by atoms with Crippen molar-refractivity contribution in [2.45, 2.75) is 18.3 Å². The van der Waals surface area contributed by atoms with Crippen LogP contribution in [0.3, 0.4) is 0 Å². The van der Waals surface area contributed by atoms with Gasteiger partial charge in [0, 0.05) is 44.6 Å². The normalized spacial score (nSPS) is 18.5. The number of amides is 1. The first kappa shape index (κ1) is 16.0. The van der Waals surface area contributed by atoms with Crippen LogP contribution in [0, 0.1) is 0 Å². The molecule has 0 unspecified atom stereocenters. The van der Waals surface area contributed by atoms with Crippen LogP contribution in [-0.2, 0) is 10.2 Å². The number of furan rings is 1. The second kappa shape index (κ2) is 6.22. The monoisotopic (exact) mass is 365 g/mol. The molecule has 0 bridgehead atoms. The second-order valence-corrected chi connectivity index (χ2v) is 6.96. The van der Waals surface area contributed by atoms with Crippen LogP contribution in [0.1, 0.15) is 18.5 Å². The summed E-state index contributed by atoms with van der Waals surface area (Å²) in [4.78, 5) is 25.8.